The van der Waals surface area contributed by atoms with Crippen LogP contribution in [0, 0.1) is 0 Å². The van der Waals surface area contributed by atoms with Gasteiger partial charge in [-0.15, -0.1) is 0 Å². The van der Waals surface area contributed by atoms with E-state index in [2.05, 4.69) is 69.4 Å². The van der Waals surface area contributed by atoms with Crippen molar-refractivity contribution in [1.29, 1.82) is 0 Å². The number of aliphatic hydroxyl groups excluding tert-OH is 1. The van der Waals surface area contributed by atoms with Crippen molar-refractivity contribution in [2.75, 3.05) is 26.4 Å². The molecular formula is C62H113O11P. The summed E-state index contributed by atoms with van der Waals surface area (Å²) in [7, 11) is -4.75. The number of aliphatic hydroxyl groups is 1. The van der Waals surface area contributed by atoms with Gasteiger partial charge < -0.3 is 24.2 Å². The molecule has 74 heavy (non-hydrogen) atoms. The zero-order valence-corrected chi connectivity index (χ0v) is 48.7. The van der Waals surface area contributed by atoms with Crippen LogP contribution in [0.1, 0.15) is 290 Å². The predicted octanol–water partition coefficient (Wildman–Crippen LogP) is 18.1. The fourth-order valence-electron chi connectivity index (χ4n) is 8.60. The first kappa shape index (κ1) is 71.4. The Balaban J connectivity index is 4.70. The number of ether oxygens (including phenoxy) is 3. The molecule has 0 aromatic carbocycles. The number of phosphoric acid groups is 1. The summed E-state index contributed by atoms with van der Waals surface area (Å²) in [6, 6.07) is 0. The fourth-order valence-corrected chi connectivity index (χ4v) is 9.39. The average molecular weight is 1070 g/mol. The summed E-state index contributed by atoms with van der Waals surface area (Å²) in [6.45, 7) is 4.54. The van der Waals surface area contributed by atoms with Crippen LogP contribution in [0.3, 0.4) is 0 Å². The maximum atomic E-state index is 12.9. The number of phosphoric ester groups is 1. The minimum atomic E-state index is -4.75. The number of carbonyl (C=O) groups is 3. The quantitative estimate of drug-likeness (QED) is 0.0197. The third kappa shape index (κ3) is 54.2. The maximum Gasteiger partial charge on any atom is 0.472 e. The van der Waals surface area contributed by atoms with Gasteiger partial charge in [0.2, 0.25) is 0 Å². The van der Waals surface area contributed by atoms with E-state index in [1.807, 2.05) is 0 Å². The minimum Gasteiger partial charge on any atom is -0.462 e. The van der Waals surface area contributed by atoms with E-state index in [1.165, 1.54) is 122 Å². The zero-order chi connectivity index (χ0) is 54.1. The number of rotatable bonds is 57. The second kappa shape index (κ2) is 56.6. The number of hydrogen-bond acceptors (Lipinski definition) is 10. The van der Waals surface area contributed by atoms with Gasteiger partial charge in [0.25, 0.3) is 0 Å². The molecule has 0 aliphatic heterocycles. The lowest BCUT2D eigenvalue weighted by atomic mass is 10.0. The molecule has 3 atom stereocenters. The van der Waals surface area contributed by atoms with Crippen LogP contribution in [0.4, 0.5) is 0 Å². The van der Waals surface area contributed by atoms with Gasteiger partial charge in [0.15, 0.2) is 6.10 Å². The Morgan fingerprint density at radius 1 is 0.392 bits per heavy atom. The summed E-state index contributed by atoms with van der Waals surface area (Å²) in [4.78, 5) is 48.6. The molecule has 2 N–H and O–H groups in total. The Bertz CT molecular complexity index is 1430. The summed E-state index contributed by atoms with van der Waals surface area (Å²) >= 11 is 0. The molecule has 12 heteroatoms. The molecule has 432 valence electrons. The van der Waals surface area contributed by atoms with Gasteiger partial charge in [-0.3, -0.25) is 23.4 Å². The molecule has 0 aromatic rings. The predicted molar refractivity (Wildman–Crippen MR) is 307 cm³/mol. The highest BCUT2D eigenvalue weighted by Gasteiger charge is 2.28. The summed E-state index contributed by atoms with van der Waals surface area (Å²) in [6.07, 6.45) is 60.7. The summed E-state index contributed by atoms with van der Waals surface area (Å²) in [5, 5.41) is 9.82. The van der Waals surface area contributed by atoms with E-state index in [0.717, 1.165) is 109 Å². The van der Waals surface area contributed by atoms with Crippen molar-refractivity contribution in [1.82, 2.24) is 0 Å². The second-order valence-electron chi connectivity index (χ2n) is 20.5. The van der Waals surface area contributed by atoms with Crippen LogP contribution in [-0.4, -0.2) is 66.5 Å². The highest BCUT2D eigenvalue weighted by Crippen LogP contribution is 2.43. The van der Waals surface area contributed by atoms with Gasteiger partial charge in [0.1, 0.15) is 12.7 Å². The molecule has 0 spiro atoms. The van der Waals surface area contributed by atoms with Crippen LogP contribution in [-0.2, 0) is 42.2 Å². The van der Waals surface area contributed by atoms with Gasteiger partial charge in [0, 0.05) is 19.3 Å². The standard InChI is InChI=1S/C62H113O11P/c1-4-7-10-13-16-19-22-25-27-28-29-30-32-35-38-41-44-47-50-53-62(66)73-59(55-69-60(64)51-48-45-42-39-36-34-31-26-23-20-17-14-11-8-5-2)57-71-74(67,68)70-56-58(54-63)72-61(65)52-49-46-43-40-37-33-24-21-18-15-12-9-6-3/h8,11,17,20-21,24,26,31,58-59,63H,4-7,9-10,12-16,18-19,22-23,25,27-30,32-57H2,1-3H3,(H,67,68)/b11-8-,20-17-,24-21-,31-26-. The molecule has 3 unspecified atom stereocenters. The zero-order valence-electron chi connectivity index (χ0n) is 47.8. The Morgan fingerprint density at radius 2 is 0.703 bits per heavy atom. The lowest BCUT2D eigenvalue weighted by molar-refractivity contribution is -0.161. The maximum absolute atomic E-state index is 12.9. The number of allylic oxidation sites excluding steroid dienone is 8. The van der Waals surface area contributed by atoms with Gasteiger partial charge in [-0.25, -0.2) is 4.57 Å². The first-order valence-corrected chi connectivity index (χ1v) is 32.0. The Kier molecular flexibility index (Phi) is 54.7. The van der Waals surface area contributed by atoms with Crippen LogP contribution in [0.15, 0.2) is 48.6 Å². The van der Waals surface area contributed by atoms with E-state index in [0.29, 0.717) is 19.3 Å². The second-order valence-corrected chi connectivity index (χ2v) is 21.9. The summed E-state index contributed by atoms with van der Waals surface area (Å²) in [5.41, 5.74) is 0. The average Bonchev–Trinajstić information content (AvgIpc) is 3.39. The SMILES string of the molecule is CC/C=C\C/C=C\C/C=C\CCCCCCCC(=O)OCC(COP(=O)(O)OCC(CO)OC(=O)CCCCCCC/C=C\CCCCCC)OC(=O)CCCCCCCCCCCCCCCCCCCCC. The first-order valence-electron chi connectivity index (χ1n) is 30.5. The smallest absolute Gasteiger partial charge is 0.462 e. The molecule has 0 rings (SSSR count). The number of carbonyl (C=O) groups excluding carboxylic acids is 3. The molecule has 0 bridgehead atoms. The van der Waals surface area contributed by atoms with Crippen molar-refractivity contribution in [2.45, 2.75) is 303 Å². The van der Waals surface area contributed by atoms with E-state index >= 15 is 0 Å². The topological polar surface area (TPSA) is 155 Å². The lowest BCUT2D eigenvalue weighted by Gasteiger charge is -2.21. The van der Waals surface area contributed by atoms with Crippen molar-refractivity contribution >= 4 is 25.7 Å². The number of unbranched alkanes of at least 4 members (excludes halogenated alkanes) is 32. The normalized spacial score (nSPS) is 13.6. The summed E-state index contributed by atoms with van der Waals surface area (Å²) < 4.78 is 39.6. The molecule has 0 saturated heterocycles. The first-order chi connectivity index (χ1) is 36.2. The van der Waals surface area contributed by atoms with Crippen LogP contribution in [0.5, 0.6) is 0 Å². The van der Waals surface area contributed by atoms with Gasteiger partial charge in [-0.1, -0.05) is 243 Å². The van der Waals surface area contributed by atoms with Crippen molar-refractivity contribution < 1.29 is 52.2 Å². The van der Waals surface area contributed by atoms with Crippen molar-refractivity contribution in [3.8, 4) is 0 Å². The van der Waals surface area contributed by atoms with Crippen molar-refractivity contribution in [2.24, 2.45) is 0 Å². The van der Waals surface area contributed by atoms with Crippen LogP contribution in [0.2, 0.25) is 0 Å². The van der Waals surface area contributed by atoms with Crippen LogP contribution < -0.4 is 0 Å². The lowest BCUT2D eigenvalue weighted by Crippen LogP contribution is -2.30. The van der Waals surface area contributed by atoms with E-state index < -0.39 is 57.8 Å². The molecule has 0 heterocycles. The van der Waals surface area contributed by atoms with Crippen LogP contribution in [0.25, 0.3) is 0 Å². The fraction of sp³-hybridized carbons (Fsp3) is 0.823. The molecular weight excluding hydrogens is 952 g/mol. The number of hydrogen-bond donors (Lipinski definition) is 2. The van der Waals surface area contributed by atoms with E-state index in [9.17, 15) is 28.9 Å². The molecule has 0 amide bonds. The van der Waals surface area contributed by atoms with Crippen molar-refractivity contribution in [3.05, 3.63) is 48.6 Å². The van der Waals surface area contributed by atoms with Crippen LogP contribution >= 0.6 is 7.82 Å². The monoisotopic (exact) mass is 1060 g/mol. The Morgan fingerprint density at radius 3 is 1.11 bits per heavy atom. The van der Waals surface area contributed by atoms with Gasteiger partial charge in [-0.2, -0.15) is 0 Å². The molecule has 0 fully saturated rings. The van der Waals surface area contributed by atoms with E-state index in [1.54, 1.807) is 0 Å². The molecule has 0 aliphatic carbocycles. The third-order valence-corrected chi connectivity index (χ3v) is 14.2. The largest absolute Gasteiger partial charge is 0.472 e. The highest BCUT2D eigenvalue weighted by molar-refractivity contribution is 7.47. The highest BCUT2D eigenvalue weighted by atomic mass is 31.2. The molecule has 0 aliphatic rings. The van der Waals surface area contributed by atoms with Gasteiger partial charge >= 0.3 is 25.7 Å². The molecule has 11 nitrogen and oxygen atoms in total. The Labute approximate surface area is 453 Å². The molecule has 0 aromatic heterocycles. The molecule has 0 radical (unpaired) electrons. The minimum absolute atomic E-state index is 0.167. The van der Waals surface area contributed by atoms with Gasteiger partial charge in [0.05, 0.1) is 19.8 Å². The van der Waals surface area contributed by atoms with Crippen molar-refractivity contribution in [3.63, 3.8) is 0 Å². The van der Waals surface area contributed by atoms with Gasteiger partial charge in [-0.05, 0) is 77.0 Å². The Hall–Kier alpha value is -2.56. The third-order valence-electron chi connectivity index (χ3n) is 13.2. The molecule has 0 saturated carbocycles. The van der Waals surface area contributed by atoms with E-state index in [-0.39, 0.29) is 25.9 Å². The summed E-state index contributed by atoms with van der Waals surface area (Å²) in [5.74, 6) is -1.47. The van der Waals surface area contributed by atoms with E-state index in [4.69, 9.17) is 23.3 Å². The number of esters is 3.